The summed E-state index contributed by atoms with van der Waals surface area (Å²) >= 11 is 0. The van der Waals surface area contributed by atoms with Crippen LogP contribution in [0.1, 0.15) is 38.2 Å². The van der Waals surface area contributed by atoms with Gasteiger partial charge in [0.15, 0.2) is 0 Å². The van der Waals surface area contributed by atoms with Gasteiger partial charge in [-0.05, 0) is 42.7 Å². The summed E-state index contributed by atoms with van der Waals surface area (Å²) in [5.74, 6) is -0.187. The van der Waals surface area contributed by atoms with Gasteiger partial charge in [0.2, 0.25) is 11.6 Å². The molecule has 13 heteroatoms. The van der Waals surface area contributed by atoms with E-state index in [1.807, 2.05) is 6.92 Å². The Labute approximate surface area is 210 Å². The second-order valence-electron chi connectivity index (χ2n) is 9.45. The molecule has 194 valence electrons. The number of ether oxygens (including phenoxy) is 2. The van der Waals surface area contributed by atoms with Gasteiger partial charge in [0.25, 0.3) is 0 Å². The van der Waals surface area contributed by atoms with Crippen molar-refractivity contribution in [2.75, 3.05) is 18.2 Å². The van der Waals surface area contributed by atoms with E-state index in [1.54, 1.807) is 11.2 Å². The third-order valence-corrected chi connectivity index (χ3v) is 7.06. The minimum atomic E-state index is -3.00. The van der Waals surface area contributed by atoms with Crippen molar-refractivity contribution >= 4 is 5.82 Å². The van der Waals surface area contributed by atoms with E-state index >= 15 is 0 Å². The van der Waals surface area contributed by atoms with Gasteiger partial charge in [0.05, 0.1) is 48.5 Å². The molecule has 1 saturated heterocycles. The summed E-state index contributed by atoms with van der Waals surface area (Å²) in [6.45, 7) is -0.603. The molecule has 1 aliphatic carbocycles. The van der Waals surface area contributed by atoms with Gasteiger partial charge in [-0.3, -0.25) is 9.99 Å². The lowest BCUT2D eigenvalue weighted by Crippen LogP contribution is -2.52. The highest BCUT2D eigenvalue weighted by Crippen LogP contribution is 2.46. The summed E-state index contributed by atoms with van der Waals surface area (Å²) < 4.78 is 49.2. The summed E-state index contributed by atoms with van der Waals surface area (Å²) in [7, 11) is 0. The highest BCUT2D eigenvalue weighted by Gasteiger charge is 2.50. The van der Waals surface area contributed by atoms with Crippen LogP contribution in [-0.2, 0) is 10.3 Å². The molecule has 4 heterocycles. The van der Waals surface area contributed by atoms with Crippen LogP contribution >= 0.6 is 0 Å². The summed E-state index contributed by atoms with van der Waals surface area (Å²) in [6, 6.07) is 5.91. The van der Waals surface area contributed by atoms with Crippen LogP contribution in [0.25, 0.3) is 0 Å². The molecule has 3 atom stereocenters. The van der Waals surface area contributed by atoms with Crippen LogP contribution in [-0.4, -0.2) is 46.2 Å². The van der Waals surface area contributed by atoms with Crippen molar-refractivity contribution in [2.24, 2.45) is 0 Å². The predicted molar refractivity (Wildman–Crippen MR) is 123 cm³/mol. The van der Waals surface area contributed by atoms with E-state index in [0.717, 1.165) is 22.3 Å². The number of aromatic nitrogens is 2. The van der Waals surface area contributed by atoms with Crippen LogP contribution in [0.15, 0.2) is 48.1 Å². The van der Waals surface area contributed by atoms with Crippen molar-refractivity contribution in [3.63, 3.8) is 0 Å². The molecule has 0 bridgehead atoms. The molecule has 37 heavy (non-hydrogen) atoms. The third kappa shape index (κ3) is 4.70. The Hall–Kier alpha value is -3.76. The molecular weight excluding hydrogens is 491 g/mol. The van der Waals surface area contributed by atoms with Crippen molar-refractivity contribution in [1.82, 2.24) is 20.8 Å². The Balaban J connectivity index is 1.48. The number of hydrogen-bond donors (Lipinski definition) is 2. The standard InChI is InChI=1S/C24H25F3N7O3/c1-23(15-8-18(12-29-10-15)37-22(26)27)19-4-3-17(34(35)32-24(13-28)6-7-36-14-24)9-20(19)33(31-23)21-5-2-16(25)11-30-21/h2,5,8,10-12,17,22,31H,3-4,6-7,9,14H2,1H3,(H,32,35)/q+1/t17-,23?,24?/m1/s1. The summed E-state index contributed by atoms with van der Waals surface area (Å²) in [5.41, 5.74) is 6.44. The number of nitriles is 1. The maximum atomic E-state index is 13.6. The maximum Gasteiger partial charge on any atom is 0.387 e. The molecule has 2 N–H and O–H groups in total. The Morgan fingerprint density at radius 3 is 2.89 bits per heavy atom. The molecule has 0 aromatic carbocycles. The second kappa shape index (κ2) is 9.60. The van der Waals surface area contributed by atoms with E-state index in [9.17, 15) is 23.3 Å². The fourth-order valence-corrected chi connectivity index (χ4v) is 5.09. The predicted octanol–water partition coefficient (Wildman–Crippen LogP) is 3.23. The highest BCUT2D eigenvalue weighted by atomic mass is 19.3. The number of nitrogens with zero attached hydrogens (tertiary/aromatic N) is 5. The van der Waals surface area contributed by atoms with Crippen LogP contribution in [0, 0.1) is 22.1 Å². The Morgan fingerprint density at radius 2 is 2.22 bits per heavy atom. The second-order valence-corrected chi connectivity index (χ2v) is 9.45. The summed E-state index contributed by atoms with van der Waals surface area (Å²) in [4.78, 5) is 22.1. The average Bonchev–Trinajstić information content (AvgIpc) is 3.47. The highest BCUT2D eigenvalue weighted by molar-refractivity contribution is 5.55. The van der Waals surface area contributed by atoms with E-state index < -0.39 is 29.5 Å². The first-order valence-electron chi connectivity index (χ1n) is 11.8. The number of pyridine rings is 2. The Morgan fingerprint density at radius 1 is 1.38 bits per heavy atom. The lowest BCUT2D eigenvalue weighted by molar-refractivity contribution is -0.650. The van der Waals surface area contributed by atoms with Crippen molar-refractivity contribution < 1.29 is 27.5 Å². The number of anilines is 1. The molecular formula is C24H25F3N7O3+. The van der Waals surface area contributed by atoms with Crippen LogP contribution in [0.3, 0.4) is 0 Å². The average molecular weight is 517 g/mol. The van der Waals surface area contributed by atoms with Gasteiger partial charge < -0.3 is 9.47 Å². The van der Waals surface area contributed by atoms with Crippen LogP contribution in [0.4, 0.5) is 19.0 Å². The molecule has 2 aliphatic heterocycles. The molecule has 10 nitrogen and oxygen atoms in total. The van der Waals surface area contributed by atoms with Crippen molar-refractivity contribution in [1.29, 1.82) is 5.26 Å². The minimum absolute atomic E-state index is 0.0831. The quantitative estimate of drug-likeness (QED) is 0.423. The van der Waals surface area contributed by atoms with Gasteiger partial charge in [-0.1, -0.05) is 0 Å². The number of hydrogen-bond acceptors (Lipinski definition) is 8. The van der Waals surface area contributed by atoms with Gasteiger partial charge in [-0.15, -0.1) is 5.43 Å². The van der Waals surface area contributed by atoms with Crippen LogP contribution in [0.5, 0.6) is 5.75 Å². The molecule has 5 rings (SSSR count). The fraction of sp³-hybridized carbons (Fsp3) is 0.458. The lowest BCUT2D eigenvalue weighted by Gasteiger charge is -2.30. The minimum Gasteiger partial charge on any atom is -0.433 e. The smallest absolute Gasteiger partial charge is 0.387 e. The largest absolute Gasteiger partial charge is 0.433 e. The zero-order valence-electron chi connectivity index (χ0n) is 20.0. The first-order chi connectivity index (χ1) is 17.7. The molecule has 0 amide bonds. The van der Waals surface area contributed by atoms with E-state index in [2.05, 4.69) is 31.6 Å². The molecule has 2 aromatic rings. The van der Waals surface area contributed by atoms with Crippen molar-refractivity contribution in [2.45, 2.75) is 56.3 Å². The topological polar surface area (TPSA) is 115 Å². The van der Waals surface area contributed by atoms with Gasteiger partial charge in [-0.2, -0.15) is 14.0 Å². The Kier molecular flexibility index (Phi) is 6.47. The zero-order chi connectivity index (χ0) is 26.2. The molecule has 0 spiro atoms. The third-order valence-electron chi connectivity index (χ3n) is 7.06. The number of rotatable bonds is 7. The molecule has 2 unspecified atom stereocenters. The molecule has 2 aromatic heterocycles. The van der Waals surface area contributed by atoms with Gasteiger partial charge in [0.1, 0.15) is 22.3 Å². The number of nitroso groups, excluding NO2 is 1. The van der Waals surface area contributed by atoms with Gasteiger partial charge in [0, 0.05) is 24.7 Å². The van der Waals surface area contributed by atoms with Crippen molar-refractivity contribution in [3.05, 3.63) is 64.3 Å². The van der Waals surface area contributed by atoms with Crippen molar-refractivity contribution in [3.8, 4) is 11.8 Å². The monoisotopic (exact) mass is 516 g/mol. The number of halogens is 3. The summed E-state index contributed by atoms with van der Waals surface area (Å²) in [5, 5.41) is 11.3. The van der Waals surface area contributed by atoms with Crippen LogP contribution < -0.4 is 20.6 Å². The molecule has 3 aliphatic rings. The maximum absolute atomic E-state index is 13.6. The van der Waals surface area contributed by atoms with E-state index in [-0.39, 0.29) is 18.8 Å². The van der Waals surface area contributed by atoms with E-state index in [0.29, 0.717) is 37.3 Å². The van der Waals surface area contributed by atoms with E-state index in [1.165, 1.54) is 24.4 Å². The zero-order valence-corrected chi connectivity index (χ0v) is 20.0. The first kappa shape index (κ1) is 24.9. The molecule has 0 saturated carbocycles. The first-order valence-corrected chi connectivity index (χ1v) is 11.8. The number of nitrogens with one attached hydrogen (secondary N) is 2. The van der Waals surface area contributed by atoms with E-state index in [4.69, 9.17) is 4.74 Å². The number of hydrazine groups is 2. The molecule has 1 fully saturated rings. The number of alkyl halides is 2. The Bertz CT molecular complexity index is 1260. The lowest BCUT2D eigenvalue weighted by atomic mass is 9.79. The molecule has 0 radical (unpaired) electrons. The summed E-state index contributed by atoms with van der Waals surface area (Å²) in [6.07, 6.45) is 5.50. The fourth-order valence-electron chi connectivity index (χ4n) is 5.09. The van der Waals surface area contributed by atoms with Gasteiger partial charge in [-0.25, -0.2) is 14.8 Å². The van der Waals surface area contributed by atoms with Gasteiger partial charge >= 0.3 is 6.61 Å². The SMILES string of the molecule is CC1(c2cncc(OC(F)F)c2)NN(c2ccc(F)cn2)C2=C1CC[C@@H]([N+](=O)NC1(C#N)CCOC1)C2. The van der Waals surface area contributed by atoms with Crippen LogP contribution in [0.2, 0.25) is 0 Å². The normalized spacial score (nSPS) is 27.2.